The predicted octanol–water partition coefficient (Wildman–Crippen LogP) is 4.47. The Morgan fingerprint density at radius 1 is 1.00 bits per heavy atom. The topological polar surface area (TPSA) is 82.5 Å². The monoisotopic (exact) mass is 400 g/mol. The number of nitrogens with zero attached hydrogens (tertiary/aromatic N) is 6. The zero-order valence-electron chi connectivity index (χ0n) is 15.6. The van der Waals surface area contributed by atoms with Crippen LogP contribution in [0.2, 0.25) is 0 Å². The van der Waals surface area contributed by atoms with Gasteiger partial charge in [-0.1, -0.05) is 52.8 Å². The summed E-state index contributed by atoms with van der Waals surface area (Å²) in [6, 6.07) is 17.9. The molecule has 2 aromatic carbocycles. The van der Waals surface area contributed by atoms with Gasteiger partial charge in [-0.25, -0.2) is 14.6 Å². The molecule has 0 fully saturated rings. The molecule has 0 radical (unpaired) electrons. The van der Waals surface area contributed by atoms with Crippen LogP contribution in [-0.4, -0.2) is 29.9 Å². The SMILES string of the molecule is Cc1ccc(-c2nc(CSc3ncnc4c3cnn4-c3ccccc3)no2)cc1. The molecule has 0 N–H and O–H groups in total. The second kappa shape index (κ2) is 7.48. The quantitative estimate of drug-likeness (QED) is 0.318. The zero-order chi connectivity index (χ0) is 19.6. The Morgan fingerprint density at radius 3 is 2.66 bits per heavy atom. The average molecular weight is 400 g/mol. The molecule has 7 nitrogen and oxygen atoms in total. The van der Waals surface area contributed by atoms with Gasteiger partial charge in [0.2, 0.25) is 0 Å². The molecule has 0 bridgehead atoms. The molecular weight excluding hydrogens is 384 g/mol. The molecule has 0 unspecified atom stereocenters. The Balaban J connectivity index is 1.38. The molecular formula is C21H16N6OS. The van der Waals surface area contributed by atoms with E-state index in [0.29, 0.717) is 17.5 Å². The minimum absolute atomic E-state index is 0.519. The van der Waals surface area contributed by atoms with Gasteiger partial charge in [-0.2, -0.15) is 10.1 Å². The molecule has 29 heavy (non-hydrogen) atoms. The molecule has 3 heterocycles. The number of fused-ring (bicyclic) bond motifs is 1. The summed E-state index contributed by atoms with van der Waals surface area (Å²) >= 11 is 1.53. The minimum Gasteiger partial charge on any atom is -0.334 e. The lowest BCUT2D eigenvalue weighted by Crippen LogP contribution is -1.97. The largest absolute Gasteiger partial charge is 0.334 e. The van der Waals surface area contributed by atoms with Gasteiger partial charge in [0.15, 0.2) is 11.5 Å². The Kier molecular flexibility index (Phi) is 4.53. The average Bonchev–Trinajstić information content (AvgIpc) is 3.41. The van der Waals surface area contributed by atoms with Gasteiger partial charge in [-0.15, -0.1) is 0 Å². The zero-order valence-corrected chi connectivity index (χ0v) is 16.4. The van der Waals surface area contributed by atoms with Crippen LogP contribution < -0.4 is 0 Å². The fourth-order valence-corrected chi connectivity index (χ4v) is 3.76. The molecule has 5 aromatic rings. The molecule has 0 saturated heterocycles. The third-order valence-corrected chi connectivity index (χ3v) is 5.44. The summed E-state index contributed by atoms with van der Waals surface area (Å²) in [7, 11) is 0. The fraction of sp³-hybridized carbons (Fsp3) is 0.0952. The van der Waals surface area contributed by atoms with E-state index in [0.717, 1.165) is 27.3 Å². The number of aryl methyl sites for hydroxylation is 1. The smallest absolute Gasteiger partial charge is 0.257 e. The van der Waals surface area contributed by atoms with Crippen LogP contribution in [0.4, 0.5) is 0 Å². The van der Waals surface area contributed by atoms with Crippen molar-refractivity contribution in [3.05, 3.63) is 78.5 Å². The maximum atomic E-state index is 5.40. The molecule has 8 heteroatoms. The number of thioether (sulfide) groups is 1. The first-order valence-electron chi connectivity index (χ1n) is 9.04. The highest BCUT2D eigenvalue weighted by atomic mass is 32.2. The van der Waals surface area contributed by atoms with Crippen molar-refractivity contribution in [2.75, 3.05) is 0 Å². The molecule has 0 amide bonds. The van der Waals surface area contributed by atoms with Gasteiger partial charge < -0.3 is 4.52 Å². The molecule has 3 aromatic heterocycles. The third kappa shape index (κ3) is 3.50. The summed E-state index contributed by atoms with van der Waals surface area (Å²) in [6.07, 6.45) is 3.35. The molecule has 142 valence electrons. The van der Waals surface area contributed by atoms with Crippen LogP contribution >= 0.6 is 11.8 Å². The number of hydrogen-bond donors (Lipinski definition) is 0. The Morgan fingerprint density at radius 2 is 1.83 bits per heavy atom. The van der Waals surface area contributed by atoms with E-state index in [4.69, 9.17) is 4.52 Å². The number of benzene rings is 2. The summed E-state index contributed by atoms with van der Waals surface area (Å²) in [5.74, 6) is 1.68. The first kappa shape index (κ1) is 17.6. The Bertz CT molecular complexity index is 1260. The normalized spacial score (nSPS) is 11.2. The maximum Gasteiger partial charge on any atom is 0.257 e. The summed E-state index contributed by atoms with van der Waals surface area (Å²) in [4.78, 5) is 13.3. The van der Waals surface area contributed by atoms with Crippen LogP contribution in [0.5, 0.6) is 0 Å². The summed E-state index contributed by atoms with van der Waals surface area (Å²) in [6.45, 7) is 2.04. The molecule has 0 aliphatic heterocycles. The van der Waals surface area contributed by atoms with Crippen LogP contribution in [0.1, 0.15) is 11.4 Å². The van der Waals surface area contributed by atoms with Crippen molar-refractivity contribution < 1.29 is 4.52 Å². The molecule has 0 aliphatic rings. The van der Waals surface area contributed by atoms with Gasteiger partial charge in [-0.05, 0) is 31.2 Å². The van der Waals surface area contributed by atoms with Crippen LogP contribution in [0.25, 0.3) is 28.2 Å². The van der Waals surface area contributed by atoms with Crippen LogP contribution in [0.3, 0.4) is 0 Å². The van der Waals surface area contributed by atoms with Crippen molar-refractivity contribution in [2.45, 2.75) is 17.7 Å². The van der Waals surface area contributed by atoms with Gasteiger partial charge in [-0.3, -0.25) is 0 Å². The van der Waals surface area contributed by atoms with E-state index >= 15 is 0 Å². The first-order valence-corrected chi connectivity index (χ1v) is 10.0. The number of para-hydroxylation sites is 1. The second-order valence-electron chi connectivity index (χ2n) is 6.48. The van der Waals surface area contributed by atoms with E-state index in [1.807, 2.05) is 66.2 Å². The lowest BCUT2D eigenvalue weighted by atomic mass is 10.1. The van der Waals surface area contributed by atoms with E-state index in [1.54, 1.807) is 12.5 Å². The summed E-state index contributed by atoms with van der Waals surface area (Å²) < 4.78 is 7.22. The van der Waals surface area contributed by atoms with Crippen molar-refractivity contribution in [3.63, 3.8) is 0 Å². The van der Waals surface area contributed by atoms with Crippen LogP contribution in [0.15, 0.2) is 76.7 Å². The Labute approximate surface area is 170 Å². The van der Waals surface area contributed by atoms with Gasteiger partial charge in [0.05, 0.1) is 23.0 Å². The van der Waals surface area contributed by atoms with Gasteiger partial charge >= 0.3 is 0 Å². The van der Waals surface area contributed by atoms with E-state index in [1.165, 1.54) is 17.3 Å². The third-order valence-electron chi connectivity index (χ3n) is 4.43. The van der Waals surface area contributed by atoms with Gasteiger partial charge in [0.25, 0.3) is 5.89 Å². The lowest BCUT2D eigenvalue weighted by molar-refractivity contribution is 0.425. The number of hydrogen-bond acceptors (Lipinski definition) is 7. The Hall–Kier alpha value is -3.52. The van der Waals surface area contributed by atoms with E-state index in [9.17, 15) is 0 Å². The van der Waals surface area contributed by atoms with Crippen molar-refractivity contribution in [1.82, 2.24) is 29.9 Å². The van der Waals surface area contributed by atoms with Gasteiger partial charge in [0, 0.05) is 5.56 Å². The highest BCUT2D eigenvalue weighted by Crippen LogP contribution is 2.28. The first-order chi connectivity index (χ1) is 14.3. The summed E-state index contributed by atoms with van der Waals surface area (Å²) in [5, 5.41) is 10.3. The molecule has 0 aliphatic carbocycles. The van der Waals surface area contributed by atoms with Crippen molar-refractivity contribution >= 4 is 22.8 Å². The number of rotatable bonds is 5. The predicted molar refractivity (Wildman–Crippen MR) is 111 cm³/mol. The minimum atomic E-state index is 0.519. The van der Waals surface area contributed by atoms with Crippen molar-refractivity contribution in [3.8, 4) is 17.1 Å². The fourth-order valence-electron chi connectivity index (χ4n) is 2.95. The van der Waals surface area contributed by atoms with Crippen molar-refractivity contribution in [1.29, 1.82) is 0 Å². The molecule has 0 saturated carbocycles. The number of aromatic nitrogens is 6. The van der Waals surface area contributed by atoms with E-state index in [-0.39, 0.29) is 0 Å². The highest BCUT2D eigenvalue weighted by molar-refractivity contribution is 7.98. The van der Waals surface area contributed by atoms with Gasteiger partial charge in [0.1, 0.15) is 11.4 Å². The lowest BCUT2D eigenvalue weighted by Gasteiger charge is -2.03. The van der Waals surface area contributed by atoms with Crippen molar-refractivity contribution in [2.24, 2.45) is 0 Å². The molecule has 0 spiro atoms. The molecule has 5 rings (SSSR count). The maximum absolute atomic E-state index is 5.40. The highest BCUT2D eigenvalue weighted by Gasteiger charge is 2.14. The van der Waals surface area contributed by atoms with E-state index in [2.05, 4.69) is 25.2 Å². The molecule has 0 atom stereocenters. The van der Waals surface area contributed by atoms with Crippen LogP contribution in [0, 0.1) is 6.92 Å². The summed E-state index contributed by atoms with van der Waals surface area (Å²) in [5.41, 5.74) is 3.82. The van der Waals surface area contributed by atoms with Crippen LogP contribution in [-0.2, 0) is 5.75 Å². The standard InChI is InChI=1S/C21H16N6OS/c1-14-7-9-15(10-8-14)20-25-18(26-28-20)12-29-21-17-11-24-27(19(17)22-13-23-21)16-5-3-2-4-6-16/h2-11,13H,12H2,1H3. The second-order valence-corrected chi connectivity index (χ2v) is 7.44. The van der Waals surface area contributed by atoms with E-state index < -0.39 is 0 Å².